The first-order valence-corrected chi connectivity index (χ1v) is 21.9. The molecular formula is C45H75NO14. The van der Waals surface area contributed by atoms with Crippen molar-refractivity contribution in [1.29, 1.82) is 0 Å². The van der Waals surface area contributed by atoms with E-state index in [0.717, 1.165) is 32.0 Å². The Hall–Kier alpha value is -2.60. The van der Waals surface area contributed by atoms with E-state index in [1.54, 1.807) is 46.1 Å². The van der Waals surface area contributed by atoms with Crippen molar-refractivity contribution in [3.63, 3.8) is 0 Å². The van der Waals surface area contributed by atoms with Gasteiger partial charge in [0, 0.05) is 52.4 Å². The second kappa shape index (κ2) is 25.5. The highest BCUT2D eigenvalue weighted by atomic mass is 16.7. The molecule has 3 heterocycles. The Morgan fingerprint density at radius 3 is 2.35 bits per heavy atom. The molecule has 0 aliphatic carbocycles. The molecule has 0 radical (unpaired) electrons. The first-order valence-electron chi connectivity index (χ1n) is 21.9. The predicted molar refractivity (Wildman–Crippen MR) is 223 cm³/mol. The summed E-state index contributed by atoms with van der Waals surface area (Å²) in [7, 11) is 6.67. The number of rotatable bonds is 17. The molecule has 3 rings (SSSR count). The van der Waals surface area contributed by atoms with Gasteiger partial charge in [0.05, 0.1) is 36.4 Å². The number of cyclic esters (lactones) is 1. The summed E-state index contributed by atoms with van der Waals surface area (Å²) in [6.45, 7) is 13.6. The maximum Gasteiger partial charge on any atom is 0.309 e. The Morgan fingerprint density at radius 2 is 1.72 bits per heavy atom. The number of ketones is 1. The number of likely N-dealkylation sites (N-methyl/N-ethyl adjacent to an activating group) is 1. The highest BCUT2D eigenvalue weighted by Gasteiger charge is 2.53. The van der Waals surface area contributed by atoms with Crippen LogP contribution in [0.25, 0.3) is 0 Å². The molecule has 344 valence electrons. The molecule has 15 nitrogen and oxygen atoms in total. The third-order valence-corrected chi connectivity index (χ3v) is 11.9. The Labute approximate surface area is 358 Å². The van der Waals surface area contributed by atoms with E-state index in [2.05, 4.69) is 6.92 Å². The fourth-order valence-corrected chi connectivity index (χ4v) is 8.51. The van der Waals surface area contributed by atoms with Gasteiger partial charge in [-0.1, -0.05) is 58.3 Å². The van der Waals surface area contributed by atoms with Gasteiger partial charge in [-0.05, 0) is 66.6 Å². The van der Waals surface area contributed by atoms with E-state index in [1.807, 2.05) is 39.8 Å². The SMILES string of the molecule is CCCCCCO[C@H]1[C@H](C)O[C@@H](O[C@H]2[C@H](N(C)C)[C@@H](O)[C@H](O[C@H]3[C@@H](CC=O)C[C@@H](C)C(=O)/C=C/C=C/C[C@@H](C)OC(=O)C[C@@H](OC(=O)CC)[C@@H]3OC)O[C@@H]2C)C[C@@]1(C)OC. The number of hydrogen-bond donors (Lipinski definition) is 1. The number of aldehydes is 1. The zero-order chi connectivity index (χ0) is 44.6. The summed E-state index contributed by atoms with van der Waals surface area (Å²) in [4.78, 5) is 53.7. The van der Waals surface area contributed by atoms with Crippen LogP contribution in [-0.2, 0) is 61.8 Å². The number of aliphatic hydroxyl groups is 1. The van der Waals surface area contributed by atoms with Crippen LogP contribution in [0.2, 0.25) is 0 Å². The van der Waals surface area contributed by atoms with Gasteiger partial charge in [0.25, 0.3) is 0 Å². The van der Waals surface area contributed by atoms with Crippen LogP contribution in [0.1, 0.15) is 113 Å². The van der Waals surface area contributed by atoms with E-state index in [0.29, 0.717) is 19.4 Å². The zero-order valence-corrected chi connectivity index (χ0v) is 37.9. The monoisotopic (exact) mass is 854 g/mol. The molecule has 0 aromatic heterocycles. The lowest BCUT2D eigenvalue weighted by atomic mass is 9.83. The lowest BCUT2D eigenvalue weighted by molar-refractivity contribution is -0.347. The summed E-state index contributed by atoms with van der Waals surface area (Å²) in [5, 5.41) is 12.2. The molecule has 1 N–H and O–H groups in total. The second-order valence-electron chi connectivity index (χ2n) is 17.0. The molecule has 15 heteroatoms. The van der Waals surface area contributed by atoms with E-state index in [4.69, 9.17) is 42.6 Å². The quantitative estimate of drug-likeness (QED) is 0.114. The summed E-state index contributed by atoms with van der Waals surface area (Å²) in [5.41, 5.74) is -0.718. The third kappa shape index (κ3) is 14.8. The average molecular weight is 854 g/mol. The molecule has 0 spiro atoms. The summed E-state index contributed by atoms with van der Waals surface area (Å²) < 4.78 is 56.2. The molecule has 3 aliphatic rings. The number of unbranched alkanes of at least 4 members (excludes halogenated alkanes) is 3. The zero-order valence-electron chi connectivity index (χ0n) is 37.9. The molecule has 0 saturated carbocycles. The molecule has 0 unspecified atom stereocenters. The highest BCUT2D eigenvalue weighted by molar-refractivity contribution is 5.91. The van der Waals surface area contributed by atoms with Crippen molar-refractivity contribution < 1.29 is 66.9 Å². The molecule has 0 amide bonds. The number of allylic oxidation sites excluding steroid dienone is 3. The first-order chi connectivity index (χ1) is 28.5. The Balaban J connectivity index is 1.98. The first kappa shape index (κ1) is 51.7. The molecule has 0 aromatic carbocycles. The van der Waals surface area contributed by atoms with E-state index >= 15 is 0 Å². The number of carbonyl (C=O) groups is 4. The van der Waals surface area contributed by atoms with Crippen molar-refractivity contribution in [1.82, 2.24) is 4.90 Å². The standard InChI is InChI=1S/C45H75NO14/c1-12-14-15-19-24-54-43-31(6)56-37(27-45(43,7)53-11)59-40-30(5)57-44(39(51)38(40)46(8)9)60-41-32(22-23-47)25-28(3)33(48)21-18-16-17-20-29(4)55-36(50)26-34(42(41)52-10)58-35(49)13-2/h16-18,21,23,28-32,34,37-44,51H,12-15,19-20,22,24-27H2,1-11H3/b17-16+,21-18+/t28-,29-,30-,31+,32+,34-,37+,38-,39-,40-,41+,42+,43+,44+,45-/m1/s1. The fraction of sp³-hybridized carbons (Fsp3) is 0.822. The lowest BCUT2D eigenvalue weighted by Gasteiger charge is -2.51. The van der Waals surface area contributed by atoms with Crippen molar-refractivity contribution in [3.8, 4) is 0 Å². The molecule has 0 aromatic rings. The third-order valence-electron chi connectivity index (χ3n) is 11.9. The van der Waals surface area contributed by atoms with E-state index < -0.39 is 90.7 Å². The van der Waals surface area contributed by atoms with Crippen LogP contribution >= 0.6 is 0 Å². The molecule has 3 aliphatic heterocycles. The van der Waals surface area contributed by atoms with Gasteiger partial charge in [-0.3, -0.25) is 14.4 Å². The summed E-state index contributed by atoms with van der Waals surface area (Å²) in [5.74, 6) is -2.68. The van der Waals surface area contributed by atoms with Gasteiger partial charge in [0.15, 0.2) is 18.4 Å². The van der Waals surface area contributed by atoms with Crippen LogP contribution in [0.15, 0.2) is 24.3 Å². The van der Waals surface area contributed by atoms with Crippen LogP contribution in [0.3, 0.4) is 0 Å². The number of esters is 2. The smallest absolute Gasteiger partial charge is 0.309 e. The number of methoxy groups -OCH3 is 2. The molecule has 15 atom stereocenters. The van der Waals surface area contributed by atoms with Crippen LogP contribution in [-0.4, -0.2) is 148 Å². The average Bonchev–Trinajstić information content (AvgIpc) is 3.19. The summed E-state index contributed by atoms with van der Waals surface area (Å²) in [6, 6.07) is -0.695. The van der Waals surface area contributed by atoms with E-state index in [-0.39, 0.29) is 43.7 Å². The van der Waals surface area contributed by atoms with Crippen LogP contribution in [0.5, 0.6) is 0 Å². The van der Waals surface area contributed by atoms with Crippen LogP contribution in [0, 0.1) is 11.8 Å². The predicted octanol–water partition coefficient (Wildman–Crippen LogP) is 5.27. The molecule has 60 heavy (non-hydrogen) atoms. The minimum absolute atomic E-state index is 0.0119. The maximum absolute atomic E-state index is 13.4. The van der Waals surface area contributed by atoms with Crippen LogP contribution in [0.4, 0.5) is 0 Å². The Bertz CT molecular complexity index is 1390. The highest BCUT2D eigenvalue weighted by Crippen LogP contribution is 2.38. The summed E-state index contributed by atoms with van der Waals surface area (Å²) in [6.07, 6.45) is 2.60. The maximum atomic E-state index is 13.4. The number of hydrogen-bond acceptors (Lipinski definition) is 15. The second-order valence-corrected chi connectivity index (χ2v) is 17.0. The Morgan fingerprint density at radius 1 is 0.983 bits per heavy atom. The minimum Gasteiger partial charge on any atom is -0.462 e. The Kier molecular flexibility index (Phi) is 22.0. The van der Waals surface area contributed by atoms with Gasteiger partial charge in [-0.25, -0.2) is 0 Å². The van der Waals surface area contributed by atoms with Gasteiger partial charge in [0.2, 0.25) is 0 Å². The van der Waals surface area contributed by atoms with E-state index in [1.165, 1.54) is 13.2 Å². The molecule has 2 saturated heterocycles. The van der Waals surface area contributed by atoms with Crippen molar-refractivity contribution in [2.45, 2.75) is 192 Å². The molecule has 2 fully saturated rings. The number of ether oxygens (including phenoxy) is 9. The van der Waals surface area contributed by atoms with Crippen molar-refractivity contribution in [2.24, 2.45) is 11.8 Å². The number of carbonyl (C=O) groups excluding carboxylic acids is 4. The van der Waals surface area contributed by atoms with E-state index in [9.17, 15) is 24.3 Å². The topological polar surface area (TPSA) is 175 Å². The van der Waals surface area contributed by atoms with Gasteiger partial charge in [0.1, 0.15) is 42.9 Å². The van der Waals surface area contributed by atoms with Crippen molar-refractivity contribution in [2.75, 3.05) is 34.9 Å². The fourth-order valence-electron chi connectivity index (χ4n) is 8.51. The summed E-state index contributed by atoms with van der Waals surface area (Å²) >= 11 is 0. The number of nitrogens with zero attached hydrogens (tertiary/aromatic N) is 1. The lowest BCUT2D eigenvalue weighted by Crippen LogP contribution is -2.66. The van der Waals surface area contributed by atoms with Crippen molar-refractivity contribution >= 4 is 24.0 Å². The normalized spacial score (nSPS) is 38.5. The minimum atomic E-state index is -1.33. The van der Waals surface area contributed by atoms with Gasteiger partial charge in [-0.2, -0.15) is 0 Å². The van der Waals surface area contributed by atoms with Crippen LogP contribution < -0.4 is 0 Å². The van der Waals surface area contributed by atoms with Gasteiger partial charge < -0.3 is 57.4 Å². The van der Waals surface area contributed by atoms with Gasteiger partial charge >= 0.3 is 11.9 Å². The largest absolute Gasteiger partial charge is 0.462 e. The van der Waals surface area contributed by atoms with Gasteiger partial charge in [-0.15, -0.1) is 0 Å². The molecular weight excluding hydrogens is 778 g/mol. The molecule has 0 bridgehead atoms. The van der Waals surface area contributed by atoms with Crippen molar-refractivity contribution in [3.05, 3.63) is 24.3 Å². The number of aliphatic hydroxyl groups excluding tert-OH is 1.